The van der Waals surface area contributed by atoms with Gasteiger partial charge in [-0.3, -0.25) is 4.57 Å². The van der Waals surface area contributed by atoms with E-state index in [4.69, 9.17) is 4.52 Å². The van der Waals surface area contributed by atoms with Crippen LogP contribution in [0.2, 0.25) is 0 Å². The fraction of sp³-hybridized carbons (Fsp3) is 1.00. The van der Waals surface area contributed by atoms with E-state index in [1.165, 1.54) is 167 Å². The first-order valence-electron chi connectivity index (χ1n) is 16.6. The van der Waals surface area contributed by atoms with Gasteiger partial charge in [0.15, 0.2) is 0 Å². The Morgan fingerprint density at radius 3 is 0.861 bits per heavy atom. The quantitative estimate of drug-likeness (QED) is 0.0716. The van der Waals surface area contributed by atoms with Crippen LogP contribution in [0.3, 0.4) is 0 Å². The number of unbranched alkanes of at least 4 members (excludes halogenated alkanes) is 27. The van der Waals surface area contributed by atoms with E-state index in [-0.39, 0.29) is 0 Å². The van der Waals surface area contributed by atoms with Gasteiger partial charge in [0.25, 0.3) is 0 Å². The van der Waals surface area contributed by atoms with Crippen molar-refractivity contribution in [1.82, 2.24) is 0 Å². The van der Waals surface area contributed by atoms with Crippen LogP contribution >= 0.6 is 7.60 Å². The Hall–Kier alpha value is 0.150. The van der Waals surface area contributed by atoms with E-state index in [1.807, 2.05) is 0 Å². The highest BCUT2D eigenvalue weighted by Gasteiger charge is 2.16. The SMILES string of the molecule is CCCCCCCCCCCCCCCCCCCCCCCCCCCCCCP(=O)(O)OCC. The van der Waals surface area contributed by atoms with Gasteiger partial charge in [-0.2, -0.15) is 0 Å². The van der Waals surface area contributed by atoms with Gasteiger partial charge in [0.1, 0.15) is 0 Å². The van der Waals surface area contributed by atoms with Crippen molar-refractivity contribution < 1.29 is 14.0 Å². The maximum absolute atomic E-state index is 11.6. The van der Waals surface area contributed by atoms with E-state index in [1.54, 1.807) is 6.92 Å². The Morgan fingerprint density at radius 1 is 0.417 bits per heavy atom. The van der Waals surface area contributed by atoms with Crippen LogP contribution in [0.5, 0.6) is 0 Å². The van der Waals surface area contributed by atoms with E-state index in [0.717, 1.165) is 12.8 Å². The lowest BCUT2D eigenvalue weighted by atomic mass is 10.0. The summed E-state index contributed by atoms with van der Waals surface area (Å²) >= 11 is 0. The molecule has 1 unspecified atom stereocenters. The topological polar surface area (TPSA) is 46.5 Å². The molecule has 0 heterocycles. The Morgan fingerprint density at radius 2 is 0.639 bits per heavy atom. The minimum atomic E-state index is -3.29. The Labute approximate surface area is 227 Å². The van der Waals surface area contributed by atoms with Crippen LogP contribution in [0.15, 0.2) is 0 Å². The summed E-state index contributed by atoms with van der Waals surface area (Å²) in [5.41, 5.74) is 0. The molecule has 0 aromatic heterocycles. The summed E-state index contributed by atoms with van der Waals surface area (Å²) in [6.45, 7) is 4.39. The van der Waals surface area contributed by atoms with Crippen molar-refractivity contribution in [1.29, 1.82) is 0 Å². The molecule has 0 aromatic carbocycles. The molecule has 1 atom stereocenters. The highest BCUT2D eigenvalue weighted by atomic mass is 31.2. The standard InChI is InChI=1S/C32H67O3P/c1-3-5-6-7-8-9-10-11-12-13-14-15-16-17-18-19-20-21-22-23-24-25-26-27-28-29-30-31-32-36(33,34)35-4-2/h3-32H2,1-2H3,(H,33,34). The first-order valence-corrected chi connectivity index (χ1v) is 18.3. The summed E-state index contributed by atoms with van der Waals surface area (Å²) in [7, 11) is -3.29. The van der Waals surface area contributed by atoms with Gasteiger partial charge in [0.2, 0.25) is 0 Å². The van der Waals surface area contributed by atoms with E-state index >= 15 is 0 Å². The van der Waals surface area contributed by atoms with Crippen LogP contribution in [0, 0.1) is 0 Å². The van der Waals surface area contributed by atoms with E-state index < -0.39 is 7.60 Å². The Kier molecular flexibility index (Phi) is 29.8. The van der Waals surface area contributed by atoms with Crippen LogP contribution in [0.4, 0.5) is 0 Å². The van der Waals surface area contributed by atoms with Gasteiger partial charge in [-0.15, -0.1) is 0 Å². The average Bonchev–Trinajstić information content (AvgIpc) is 2.85. The second kappa shape index (κ2) is 29.7. The summed E-state index contributed by atoms with van der Waals surface area (Å²) in [6.07, 6.45) is 39.2. The third-order valence-corrected chi connectivity index (χ3v) is 9.17. The summed E-state index contributed by atoms with van der Waals surface area (Å²) < 4.78 is 16.5. The highest BCUT2D eigenvalue weighted by Crippen LogP contribution is 2.42. The van der Waals surface area contributed by atoms with E-state index in [0.29, 0.717) is 12.8 Å². The van der Waals surface area contributed by atoms with Gasteiger partial charge in [0.05, 0.1) is 6.61 Å². The number of hydrogen-bond acceptors (Lipinski definition) is 2. The second-order valence-corrected chi connectivity index (χ2v) is 13.3. The number of hydrogen-bond donors (Lipinski definition) is 1. The zero-order valence-electron chi connectivity index (χ0n) is 24.9. The third kappa shape index (κ3) is 30.4. The van der Waals surface area contributed by atoms with Gasteiger partial charge in [-0.25, -0.2) is 0 Å². The lowest BCUT2D eigenvalue weighted by Gasteiger charge is -2.10. The Balaban J connectivity index is 3.08. The smallest absolute Gasteiger partial charge is 0.324 e. The van der Waals surface area contributed by atoms with Crippen molar-refractivity contribution in [2.24, 2.45) is 0 Å². The fourth-order valence-corrected chi connectivity index (χ4v) is 6.40. The van der Waals surface area contributed by atoms with Crippen molar-refractivity contribution in [3.8, 4) is 0 Å². The molecule has 4 heteroatoms. The maximum atomic E-state index is 11.6. The molecule has 0 aliphatic rings. The average molecular weight is 531 g/mol. The predicted octanol–water partition coefficient (Wildman–Crippen LogP) is 12.2. The lowest BCUT2D eigenvalue weighted by molar-refractivity contribution is 0.272. The van der Waals surface area contributed by atoms with Crippen LogP contribution < -0.4 is 0 Å². The summed E-state index contributed by atoms with van der Waals surface area (Å²) in [6, 6.07) is 0. The lowest BCUT2D eigenvalue weighted by Crippen LogP contribution is -1.94. The van der Waals surface area contributed by atoms with Gasteiger partial charge in [0, 0.05) is 6.16 Å². The summed E-state index contributed by atoms with van der Waals surface area (Å²) in [5.74, 6) is 0. The molecule has 0 rings (SSSR count). The minimum absolute atomic E-state index is 0.320. The van der Waals surface area contributed by atoms with Crippen LogP contribution in [-0.4, -0.2) is 17.7 Å². The molecule has 0 bridgehead atoms. The van der Waals surface area contributed by atoms with Crippen molar-refractivity contribution in [2.75, 3.05) is 12.8 Å². The molecule has 0 spiro atoms. The summed E-state index contributed by atoms with van der Waals surface area (Å²) in [5, 5.41) is 0. The van der Waals surface area contributed by atoms with Crippen LogP contribution in [0.1, 0.15) is 194 Å². The Bertz CT molecular complexity index is 455. The molecule has 0 amide bonds. The highest BCUT2D eigenvalue weighted by molar-refractivity contribution is 7.52. The van der Waals surface area contributed by atoms with Gasteiger partial charge < -0.3 is 9.42 Å². The van der Waals surface area contributed by atoms with Crippen molar-refractivity contribution in [2.45, 2.75) is 194 Å². The molecular weight excluding hydrogens is 463 g/mol. The molecule has 0 fully saturated rings. The monoisotopic (exact) mass is 530 g/mol. The van der Waals surface area contributed by atoms with Crippen LogP contribution in [-0.2, 0) is 9.09 Å². The van der Waals surface area contributed by atoms with E-state index in [2.05, 4.69) is 6.92 Å². The molecule has 0 aromatic rings. The molecule has 0 radical (unpaired) electrons. The first kappa shape index (κ1) is 36.1. The zero-order valence-corrected chi connectivity index (χ0v) is 25.8. The molecule has 3 nitrogen and oxygen atoms in total. The van der Waals surface area contributed by atoms with Gasteiger partial charge >= 0.3 is 7.60 Å². The van der Waals surface area contributed by atoms with Crippen molar-refractivity contribution in [3.63, 3.8) is 0 Å². The fourth-order valence-electron chi connectivity index (χ4n) is 5.25. The second-order valence-electron chi connectivity index (χ2n) is 11.3. The third-order valence-electron chi connectivity index (χ3n) is 7.63. The molecule has 0 aliphatic carbocycles. The van der Waals surface area contributed by atoms with Crippen molar-refractivity contribution in [3.05, 3.63) is 0 Å². The summed E-state index contributed by atoms with van der Waals surface area (Å²) in [4.78, 5) is 9.54. The van der Waals surface area contributed by atoms with Crippen LogP contribution in [0.25, 0.3) is 0 Å². The van der Waals surface area contributed by atoms with Crippen molar-refractivity contribution >= 4 is 7.60 Å². The van der Waals surface area contributed by atoms with Gasteiger partial charge in [-0.1, -0.05) is 180 Å². The maximum Gasteiger partial charge on any atom is 0.328 e. The minimum Gasteiger partial charge on any atom is -0.324 e. The molecule has 0 aliphatic heterocycles. The predicted molar refractivity (Wildman–Crippen MR) is 161 cm³/mol. The largest absolute Gasteiger partial charge is 0.328 e. The molecule has 0 saturated heterocycles. The number of rotatable bonds is 31. The molecule has 0 saturated carbocycles. The normalized spacial score (nSPS) is 13.3. The first-order chi connectivity index (χ1) is 17.6. The van der Waals surface area contributed by atoms with E-state index in [9.17, 15) is 9.46 Å². The zero-order chi connectivity index (χ0) is 26.4. The molecule has 1 N–H and O–H groups in total. The molecule has 218 valence electrons. The molecular formula is C32H67O3P. The van der Waals surface area contributed by atoms with Gasteiger partial charge in [-0.05, 0) is 13.3 Å². The molecule has 36 heavy (non-hydrogen) atoms.